The van der Waals surface area contributed by atoms with E-state index in [9.17, 15) is 18.3 Å². The minimum Gasteiger partial charge on any atom is -0.374 e. The SMILES string of the molecule is CCNC(=NCCC(O)(c1nccn1C)C(F)(F)F)N1CCC(Cc2cnn(C)c2)C1. The summed E-state index contributed by atoms with van der Waals surface area (Å²) in [5, 5.41) is 17.8. The Morgan fingerprint density at radius 1 is 1.35 bits per heavy atom. The monoisotopic (exact) mass is 441 g/mol. The van der Waals surface area contributed by atoms with Gasteiger partial charge in [-0.1, -0.05) is 0 Å². The van der Waals surface area contributed by atoms with Crippen molar-refractivity contribution >= 4 is 5.96 Å². The third kappa shape index (κ3) is 5.20. The van der Waals surface area contributed by atoms with Crippen molar-refractivity contribution in [3.8, 4) is 0 Å². The molecule has 1 saturated heterocycles. The topological polar surface area (TPSA) is 83.5 Å². The molecule has 2 N–H and O–H groups in total. The summed E-state index contributed by atoms with van der Waals surface area (Å²) < 4.78 is 44.1. The van der Waals surface area contributed by atoms with Gasteiger partial charge in [-0.05, 0) is 31.2 Å². The van der Waals surface area contributed by atoms with Crippen molar-refractivity contribution in [2.75, 3.05) is 26.2 Å². The van der Waals surface area contributed by atoms with E-state index >= 15 is 0 Å². The van der Waals surface area contributed by atoms with Crippen LogP contribution in [-0.2, 0) is 26.1 Å². The predicted molar refractivity (Wildman–Crippen MR) is 110 cm³/mol. The van der Waals surface area contributed by atoms with Crippen LogP contribution < -0.4 is 5.32 Å². The second-order valence-corrected chi connectivity index (χ2v) is 8.03. The van der Waals surface area contributed by atoms with E-state index in [4.69, 9.17) is 0 Å². The molecule has 3 rings (SSSR count). The van der Waals surface area contributed by atoms with E-state index in [0.717, 1.165) is 25.9 Å². The molecule has 2 aromatic rings. The highest BCUT2D eigenvalue weighted by Gasteiger charge is 2.57. The van der Waals surface area contributed by atoms with Gasteiger partial charge in [-0.15, -0.1) is 0 Å². The average Bonchev–Trinajstić information content (AvgIpc) is 3.42. The number of nitrogens with zero attached hydrogens (tertiary/aromatic N) is 6. The van der Waals surface area contributed by atoms with Gasteiger partial charge in [0.05, 0.1) is 6.20 Å². The number of nitrogens with one attached hydrogen (secondary N) is 1. The Morgan fingerprint density at radius 2 is 2.13 bits per heavy atom. The van der Waals surface area contributed by atoms with Crippen molar-refractivity contribution < 1.29 is 18.3 Å². The van der Waals surface area contributed by atoms with E-state index in [0.29, 0.717) is 18.4 Å². The Kier molecular flexibility index (Phi) is 6.93. The number of hydrogen-bond donors (Lipinski definition) is 2. The fourth-order valence-electron chi connectivity index (χ4n) is 4.00. The van der Waals surface area contributed by atoms with E-state index in [-0.39, 0.29) is 6.54 Å². The van der Waals surface area contributed by atoms with Crippen LogP contribution in [0.4, 0.5) is 13.2 Å². The quantitative estimate of drug-likeness (QED) is 0.506. The first-order valence-electron chi connectivity index (χ1n) is 10.4. The van der Waals surface area contributed by atoms with Crippen LogP contribution >= 0.6 is 0 Å². The van der Waals surface area contributed by atoms with Crippen LogP contribution in [0.3, 0.4) is 0 Å². The molecule has 0 aromatic carbocycles. The van der Waals surface area contributed by atoms with Crippen LogP contribution in [0.1, 0.15) is 31.2 Å². The van der Waals surface area contributed by atoms with Gasteiger partial charge in [-0.2, -0.15) is 18.3 Å². The molecule has 0 spiro atoms. The van der Waals surface area contributed by atoms with Gasteiger partial charge in [0.25, 0.3) is 0 Å². The second-order valence-electron chi connectivity index (χ2n) is 8.03. The first-order chi connectivity index (χ1) is 14.6. The van der Waals surface area contributed by atoms with Crippen molar-refractivity contribution in [3.05, 3.63) is 36.2 Å². The molecule has 1 aliphatic rings. The zero-order valence-corrected chi connectivity index (χ0v) is 18.1. The molecule has 8 nitrogen and oxygen atoms in total. The lowest BCUT2D eigenvalue weighted by Gasteiger charge is -2.29. The zero-order chi connectivity index (χ0) is 22.6. The summed E-state index contributed by atoms with van der Waals surface area (Å²) in [6, 6.07) is 0. The molecule has 0 bridgehead atoms. The van der Waals surface area contributed by atoms with Gasteiger partial charge in [0, 0.05) is 65.3 Å². The van der Waals surface area contributed by atoms with Gasteiger partial charge in [-0.3, -0.25) is 9.67 Å². The summed E-state index contributed by atoms with van der Waals surface area (Å²) in [5.74, 6) is 0.561. The van der Waals surface area contributed by atoms with Crippen molar-refractivity contribution in [2.24, 2.45) is 25.0 Å². The Bertz CT molecular complexity index is 891. The number of likely N-dealkylation sites (tertiary alicyclic amines) is 1. The number of hydrogen-bond acceptors (Lipinski definition) is 4. The molecule has 1 fully saturated rings. The molecule has 11 heteroatoms. The molecule has 0 aliphatic carbocycles. The number of aliphatic imine (C=N–C) groups is 1. The van der Waals surface area contributed by atoms with Crippen LogP contribution in [0, 0.1) is 5.92 Å². The second kappa shape index (κ2) is 9.29. The molecule has 172 valence electrons. The van der Waals surface area contributed by atoms with Crippen LogP contribution in [-0.4, -0.2) is 67.7 Å². The Hall–Kier alpha value is -2.56. The Labute approximate surface area is 179 Å². The minimum absolute atomic E-state index is 0.186. The lowest BCUT2D eigenvalue weighted by atomic mass is 9.98. The zero-order valence-electron chi connectivity index (χ0n) is 18.1. The first-order valence-corrected chi connectivity index (χ1v) is 10.4. The molecule has 0 amide bonds. The summed E-state index contributed by atoms with van der Waals surface area (Å²) in [4.78, 5) is 10.2. The standard InChI is InChI=1S/C20H30F3N7O/c1-4-24-18(30-9-5-15(14-30)11-16-12-27-29(3)13-16)26-7-6-19(31,20(21,22)23)17-25-8-10-28(17)2/h8,10,12-13,15,31H,4-7,9,11,14H2,1-3H3,(H,24,26). The third-order valence-corrected chi connectivity index (χ3v) is 5.60. The Morgan fingerprint density at radius 3 is 2.71 bits per heavy atom. The average molecular weight is 442 g/mol. The number of guanidine groups is 1. The summed E-state index contributed by atoms with van der Waals surface area (Å²) in [6.07, 6.45) is 2.88. The van der Waals surface area contributed by atoms with E-state index in [1.165, 1.54) is 29.6 Å². The summed E-state index contributed by atoms with van der Waals surface area (Å²) in [5.41, 5.74) is -1.89. The van der Waals surface area contributed by atoms with Crippen LogP contribution in [0.15, 0.2) is 29.8 Å². The number of alkyl halides is 3. The highest BCUT2D eigenvalue weighted by atomic mass is 19.4. The molecule has 1 aliphatic heterocycles. The Balaban J connectivity index is 1.67. The van der Waals surface area contributed by atoms with Crippen molar-refractivity contribution in [1.82, 2.24) is 29.5 Å². The highest BCUT2D eigenvalue weighted by Crippen LogP contribution is 2.40. The third-order valence-electron chi connectivity index (χ3n) is 5.60. The number of rotatable bonds is 7. The van der Waals surface area contributed by atoms with Gasteiger partial charge >= 0.3 is 6.18 Å². The lowest BCUT2D eigenvalue weighted by molar-refractivity contribution is -0.272. The van der Waals surface area contributed by atoms with E-state index in [1.807, 2.05) is 26.4 Å². The van der Waals surface area contributed by atoms with Crippen molar-refractivity contribution in [1.29, 1.82) is 0 Å². The van der Waals surface area contributed by atoms with Gasteiger partial charge in [0.1, 0.15) is 5.82 Å². The lowest BCUT2D eigenvalue weighted by Crippen LogP contribution is -2.45. The van der Waals surface area contributed by atoms with Gasteiger partial charge in [0.15, 0.2) is 5.96 Å². The normalized spacial score (nSPS) is 19.6. The molecular formula is C20H30F3N7O. The van der Waals surface area contributed by atoms with E-state index < -0.39 is 24.0 Å². The molecule has 2 atom stereocenters. The highest BCUT2D eigenvalue weighted by molar-refractivity contribution is 5.80. The van der Waals surface area contributed by atoms with Gasteiger partial charge in [0.2, 0.25) is 5.60 Å². The molecule has 31 heavy (non-hydrogen) atoms. The predicted octanol–water partition coefficient (Wildman–Crippen LogP) is 1.82. The minimum atomic E-state index is -4.86. The van der Waals surface area contributed by atoms with E-state index in [1.54, 1.807) is 4.68 Å². The molecule has 2 aromatic heterocycles. The molecular weight excluding hydrogens is 411 g/mol. The number of aromatic nitrogens is 4. The smallest absolute Gasteiger partial charge is 0.374 e. The maximum absolute atomic E-state index is 13.7. The molecule has 0 radical (unpaired) electrons. The molecule has 0 saturated carbocycles. The number of aliphatic hydroxyl groups is 1. The fraction of sp³-hybridized carbons (Fsp3) is 0.650. The number of aryl methyl sites for hydroxylation is 2. The van der Waals surface area contributed by atoms with Crippen LogP contribution in [0.5, 0.6) is 0 Å². The van der Waals surface area contributed by atoms with Crippen molar-refractivity contribution in [3.63, 3.8) is 0 Å². The summed E-state index contributed by atoms with van der Waals surface area (Å²) in [7, 11) is 3.31. The summed E-state index contributed by atoms with van der Waals surface area (Å²) >= 11 is 0. The van der Waals surface area contributed by atoms with Gasteiger partial charge in [-0.25, -0.2) is 4.98 Å². The van der Waals surface area contributed by atoms with Crippen LogP contribution in [0.2, 0.25) is 0 Å². The van der Waals surface area contributed by atoms with E-state index in [2.05, 4.69) is 25.3 Å². The van der Waals surface area contributed by atoms with Crippen molar-refractivity contribution in [2.45, 2.75) is 38.0 Å². The number of halogens is 3. The number of imidazole rings is 1. The van der Waals surface area contributed by atoms with Crippen LogP contribution in [0.25, 0.3) is 0 Å². The largest absolute Gasteiger partial charge is 0.424 e. The van der Waals surface area contributed by atoms with Gasteiger partial charge < -0.3 is 19.9 Å². The summed E-state index contributed by atoms with van der Waals surface area (Å²) in [6.45, 7) is 3.88. The first kappa shape index (κ1) is 23.1. The molecule has 3 heterocycles. The maximum atomic E-state index is 13.7. The maximum Gasteiger partial charge on any atom is 0.424 e. The molecule has 2 unspecified atom stereocenters. The fourth-order valence-corrected chi connectivity index (χ4v) is 4.00.